The lowest BCUT2D eigenvalue weighted by atomic mass is 10.1. The smallest absolute Gasteiger partial charge is 0.0558 e. The second-order valence-electron chi connectivity index (χ2n) is 4.85. The van der Waals surface area contributed by atoms with E-state index in [1.165, 1.54) is 0 Å². The van der Waals surface area contributed by atoms with Gasteiger partial charge < -0.3 is 15.7 Å². The first kappa shape index (κ1) is 14.6. The number of rotatable bonds is 4. The van der Waals surface area contributed by atoms with E-state index >= 15 is 0 Å². The number of anilines is 1. The van der Waals surface area contributed by atoms with Gasteiger partial charge in [0, 0.05) is 49.0 Å². The van der Waals surface area contributed by atoms with E-state index in [1.807, 2.05) is 12.1 Å². The zero-order valence-electron chi connectivity index (χ0n) is 11.2. The maximum Gasteiger partial charge on any atom is 0.0558 e. The lowest BCUT2D eigenvalue weighted by molar-refractivity contribution is 0.204. The fourth-order valence-corrected chi connectivity index (χ4v) is 2.87. The monoisotopic (exact) mass is 283 g/mol. The van der Waals surface area contributed by atoms with Crippen molar-refractivity contribution in [3.05, 3.63) is 28.8 Å². The molecule has 4 nitrogen and oxygen atoms in total. The third kappa shape index (κ3) is 3.60. The van der Waals surface area contributed by atoms with Crippen LogP contribution in [0.15, 0.2) is 18.2 Å². The van der Waals surface area contributed by atoms with Crippen LogP contribution >= 0.6 is 11.6 Å². The van der Waals surface area contributed by atoms with Crippen LogP contribution in [-0.4, -0.2) is 49.3 Å². The number of nitrogens with zero attached hydrogens (tertiary/aromatic N) is 2. The van der Waals surface area contributed by atoms with Gasteiger partial charge in [-0.2, -0.15) is 0 Å². The van der Waals surface area contributed by atoms with Crippen molar-refractivity contribution in [2.75, 3.05) is 44.2 Å². The van der Waals surface area contributed by atoms with Crippen LogP contribution in [0.25, 0.3) is 0 Å². The second-order valence-corrected chi connectivity index (χ2v) is 5.25. The zero-order valence-corrected chi connectivity index (χ0v) is 11.9. The molecule has 1 aromatic carbocycles. The SMILES string of the molecule is NCc1c(Cl)cccc1N1CCCN(CCO)CC1. The Balaban J connectivity index is 2.12. The van der Waals surface area contributed by atoms with Gasteiger partial charge in [-0.3, -0.25) is 4.90 Å². The number of aliphatic hydroxyl groups is 1. The predicted octanol–water partition coefficient (Wildman–Crippen LogP) is 1.30. The van der Waals surface area contributed by atoms with Gasteiger partial charge in [-0.25, -0.2) is 0 Å². The molecule has 3 N–H and O–H groups in total. The molecule has 1 saturated heterocycles. The third-order valence-electron chi connectivity index (χ3n) is 3.64. The summed E-state index contributed by atoms with van der Waals surface area (Å²) in [4.78, 5) is 4.65. The van der Waals surface area contributed by atoms with E-state index in [2.05, 4.69) is 15.9 Å². The highest BCUT2D eigenvalue weighted by Crippen LogP contribution is 2.27. The summed E-state index contributed by atoms with van der Waals surface area (Å²) < 4.78 is 0. The van der Waals surface area contributed by atoms with E-state index < -0.39 is 0 Å². The molecular formula is C14H22ClN3O. The number of halogens is 1. The summed E-state index contributed by atoms with van der Waals surface area (Å²) in [5.74, 6) is 0. The molecule has 106 valence electrons. The maximum atomic E-state index is 9.02. The fourth-order valence-electron chi connectivity index (χ4n) is 2.62. The average molecular weight is 284 g/mol. The van der Waals surface area contributed by atoms with E-state index in [4.69, 9.17) is 22.4 Å². The van der Waals surface area contributed by atoms with Crippen molar-refractivity contribution in [2.24, 2.45) is 5.73 Å². The Bertz CT molecular complexity index is 414. The molecule has 1 fully saturated rings. The number of hydrogen-bond donors (Lipinski definition) is 2. The number of aliphatic hydroxyl groups excluding tert-OH is 1. The summed E-state index contributed by atoms with van der Waals surface area (Å²) in [5, 5.41) is 9.77. The second kappa shape index (κ2) is 7.10. The fraction of sp³-hybridized carbons (Fsp3) is 0.571. The van der Waals surface area contributed by atoms with E-state index in [0.717, 1.165) is 55.4 Å². The van der Waals surface area contributed by atoms with Gasteiger partial charge in [-0.15, -0.1) is 0 Å². The molecule has 1 aliphatic heterocycles. The van der Waals surface area contributed by atoms with Gasteiger partial charge >= 0.3 is 0 Å². The summed E-state index contributed by atoms with van der Waals surface area (Å²) in [6, 6.07) is 5.96. The third-order valence-corrected chi connectivity index (χ3v) is 4.00. The molecule has 0 radical (unpaired) electrons. The zero-order chi connectivity index (χ0) is 13.7. The molecule has 0 spiro atoms. The predicted molar refractivity (Wildman–Crippen MR) is 79.7 cm³/mol. The number of benzene rings is 1. The van der Waals surface area contributed by atoms with Gasteiger partial charge in [0.15, 0.2) is 0 Å². The number of hydrogen-bond acceptors (Lipinski definition) is 4. The maximum absolute atomic E-state index is 9.02. The molecule has 0 unspecified atom stereocenters. The Morgan fingerprint density at radius 2 is 2.05 bits per heavy atom. The first-order chi connectivity index (χ1) is 9.26. The van der Waals surface area contributed by atoms with E-state index in [9.17, 15) is 0 Å². The normalized spacial score (nSPS) is 17.5. The molecule has 0 aromatic heterocycles. The van der Waals surface area contributed by atoms with Gasteiger partial charge in [0.2, 0.25) is 0 Å². The number of nitrogens with two attached hydrogens (primary N) is 1. The molecule has 0 saturated carbocycles. The van der Waals surface area contributed by atoms with E-state index in [0.29, 0.717) is 6.54 Å². The summed E-state index contributed by atoms with van der Waals surface area (Å²) in [6.45, 7) is 5.42. The van der Waals surface area contributed by atoms with Crippen molar-refractivity contribution in [1.29, 1.82) is 0 Å². The Hall–Kier alpha value is -0.810. The van der Waals surface area contributed by atoms with Crippen LogP contribution < -0.4 is 10.6 Å². The van der Waals surface area contributed by atoms with E-state index in [-0.39, 0.29) is 6.61 Å². The lowest BCUT2D eigenvalue weighted by Gasteiger charge is -2.26. The van der Waals surface area contributed by atoms with Gasteiger partial charge in [0.05, 0.1) is 6.61 Å². The summed E-state index contributed by atoms with van der Waals surface area (Å²) in [5.41, 5.74) is 8.00. The highest BCUT2D eigenvalue weighted by Gasteiger charge is 2.17. The van der Waals surface area contributed by atoms with Crippen LogP contribution in [-0.2, 0) is 6.54 Å². The Morgan fingerprint density at radius 1 is 1.21 bits per heavy atom. The molecule has 0 atom stereocenters. The summed E-state index contributed by atoms with van der Waals surface area (Å²) in [7, 11) is 0. The molecule has 5 heteroatoms. The highest BCUT2D eigenvalue weighted by molar-refractivity contribution is 6.31. The average Bonchev–Trinajstić information content (AvgIpc) is 2.64. The van der Waals surface area contributed by atoms with Gasteiger partial charge in [-0.05, 0) is 25.1 Å². The molecule has 1 heterocycles. The van der Waals surface area contributed by atoms with Crippen LogP contribution in [0.5, 0.6) is 0 Å². The molecule has 0 amide bonds. The van der Waals surface area contributed by atoms with Crippen molar-refractivity contribution in [1.82, 2.24) is 4.90 Å². The van der Waals surface area contributed by atoms with E-state index in [1.54, 1.807) is 0 Å². The standard InChI is InChI=1S/C14H22ClN3O/c15-13-3-1-4-14(12(13)11-16)18-6-2-5-17(7-8-18)9-10-19/h1,3-4,19H,2,5-11,16H2. The molecule has 0 aliphatic carbocycles. The molecule has 0 bridgehead atoms. The van der Waals surface area contributed by atoms with Gasteiger partial charge in [0.1, 0.15) is 0 Å². The molecular weight excluding hydrogens is 262 g/mol. The van der Waals surface area contributed by atoms with Crippen molar-refractivity contribution < 1.29 is 5.11 Å². The first-order valence-corrected chi connectivity index (χ1v) is 7.19. The van der Waals surface area contributed by atoms with Crippen molar-refractivity contribution in [3.63, 3.8) is 0 Å². The van der Waals surface area contributed by atoms with Gasteiger partial charge in [0.25, 0.3) is 0 Å². The van der Waals surface area contributed by atoms with Crippen molar-refractivity contribution in [3.8, 4) is 0 Å². The summed E-state index contributed by atoms with van der Waals surface area (Å²) >= 11 is 6.22. The Labute approximate surface area is 119 Å². The van der Waals surface area contributed by atoms with Crippen LogP contribution in [0.4, 0.5) is 5.69 Å². The minimum atomic E-state index is 0.227. The van der Waals surface area contributed by atoms with Crippen LogP contribution in [0.2, 0.25) is 5.02 Å². The highest BCUT2D eigenvalue weighted by atomic mass is 35.5. The Morgan fingerprint density at radius 3 is 2.79 bits per heavy atom. The quantitative estimate of drug-likeness (QED) is 0.875. The minimum absolute atomic E-state index is 0.227. The molecule has 2 rings (SSSR count). The van der Waals surface area contributed by atoms with Crippen LogP contribution in [0.1, 0.15) is 12.0 Å². The summed E-state index contributed by atoms with van der Waals surface area (Å²) in [6.07, 6.45) is 1.09. The first-order valence-electron chi connectivity index (χ1n) is 6.82. The number of β-amino-alcohol motifs (C(OH)–C–C–N with tert-alkyl or cyclic N) is 1. The van der Waals surface area contributed by atoms with Crippen LogP contribution in [0, 0.1) is 0 Å². The largest absolute Gasteiger partial charge is 0.395 e. The van der Waals surface area contributed by atoms with Crippen molar-refractivity contribution in [2.45, 2.75) is 13.0 Å². The lowest BCUT2D eigenvalue weighted by Crippen LogP contribution is -2.32. The van der Waals surface area contributed by atoms with Crippen LogP contribution in [0.3, 0.4) is 0 Å². The topological polar surface area (TPSA) is 52.7 Å². The van der Waals surface area contributed by atoms with Crippen molar-refractivity contribution >= 4 is 17.3 Å². The molecule has 1 aliphatic rings. The Kier molecular flexibility index (Phi) is 5.45. The molecule has 19 heavy (non-hydrogen) atoms. The van der Waals surface area contributed by atoms with Gasteiger partial charge in [-0.1, -0.05) is 17.7 Å². The molecule has 1 aromatic rings. The minimum Gasteiger partial charge on any atom is -0.395 e.